The molecule has 0 unspecified atom stereocenters. The number of amides is 2. The zero-order valence-corrected chi connectivity index (χ0v) is 15.5. The van der Waals surface area contributed by atoms with E-state index >= 15 is 0 Å². The SMILES string of the molecule is CCCN(CC(=O)N(C)C)C(=O)c1sc2ccccc2c1COC. The highest BCUT2D eigenvalue weighted by molar-refractivity contribution is 7.21. The second-order valence-corrected chi connectivity index (χ2v) is 6.91. The van der Waals surface area contributed by atoms with E-state index in [2.05, 4.69) is 0 Å². The van der Waals surface area contributed by atoms with Crippen molar-refractivity contribution in [3.63, 3.8) is 0 Å². The fourth-order valence-electron chi connectivity index (χ4n) is 2.53. The number of rotatable bonds is 7. The third-order valence-electron chi connectivity index (χ3n) is 3.79. The van der Waals surface area contributed by atoms with Gasteiger partial charge in [0.15, 0.2) is 0 Å². The summed E-state index contributed by atoms with van der Waals surface area (Å²) in [6.45, 7) is 3.04. The molecule has 1 heterocycles. The zero-order valence-electron chi connectivity index (χ0n) is 14.7. The molecule has 1 aromatic heterocycles. The van der Waals surface area contributed by atoms with E-state index in [1.807, 2.05) is 31.2 Å². The largest absolute Gasteiger partial charge is 0.380 e. The fourth-order valence-corrected chi connectivity index (χ4v) is 3.71. The molecule has 0 fully saturated rings. The van der Waals surface area contributed by atoms with E-state index < -0.39 is 0 Å². The molecule has 2 rings (SSSR count). The number of fused-ring (bicyclic) bond motifs is 1. The van der Waals surface area contributed by atoms with Crippen molar-refractivity contribution in [2.75, 3.05) is 34.3 Å². The average Bonchev–Trinajstić information content (AvgIpc) is 2.93. The number of hydrogen-bond acceptors (Lipinski definition) is 4. The van der Waals surface area contributed by atoms with Crippen LogP contribution in [0, 0.1) is 0 Å². The predicted octanol–water partition coefficient (Wildman–Crippen LogP) is 2.99. The van der Waals surface area contributed by atoms with Crippen LogP contribution in [0.4, 0.5) is 0 Å². The molecule has 0 N–H and O–H groups in total. The summed E-state index contributed by atoms with van der Waals surface area (Å²) in [6.07, 6.45) is 0.803. The molecule has 0 saturated carbocycles. The monoisotopic (exact) mass is 348 g/mol. The van der Waals surface area contributed by atoms with Crippen molar-refractivity contribution in [1.29, 1.82) is 0 Å². The average molecular weight is 348 g/mol. The van der Waals surface area contributed by atoms with Crippen molar-refractivity contribution in [1.82, 2.24) is 9.80 Å². The van der Waals surface area contributed by atoms with E-state index in [0.29, 0.717) is 18.0 Å². The van der Waals surface area contributed by atoms with Crippen LogP contribution < -0.4 is 0 Å². The molecule has 2 aromatic rings. The molecule has 0 saturated heterocycles. The smallest absolute Gasteiger partial charge is 0.264 e. The first-order chi connectivity index (χ1) is 11.5. The lowest BCUT2D eigenvalue weighted by Gasteiger charge is -2.23. The number of carbonyl (C=O) groups is 2. The Morgan fingerprint density at radius 2 is 1.92 bits per heavy atom. The van der Waals surface area contributed by atoms with Crippen LogP contribution in [0.2, 0.25) is 0 Å². The number of ether oxygens (including phenoxy) is 1. The Balaban J connectivity index is 2.39. The molecule has 0 atom stereocenters. The van der Waals surface area contributed by atoms with Gasteiger partial charge >= 0.3 is 0 Å². The summed E-state index contributed by atoms with van der Waals surface area (Å²) in [4.78, 5) is 28.9. The van der Waals surface area contributed by atoms with E-state index in [1.165, 1.54) is 16.2 Å². The summed E-state index contributed by atoms with van der Waals surface area (Å²) < 4.78 is 6.36. The van der Waals surface area contributed by atoms with E-state index in [1.54, 1.807) is 26.1 Å². The molecule has 0 aliphatic rings. The Hall–Kier alpha value is -1.92. The lowest BCUT2D eigenvalue weighted by Crippen LogP contribution is -2.40. The Morgan fingerprint density at radius 1 is 1.21 bits per heavy atom. The summed E-state index contributed by atoms with van der Waals surface area (Å²) >= 11 is 1.47. The van der Waals surface area contributed by atoms with Crippen molar-refractivity contribution in [3.8, 4) is 0 Å². The number of hydrogen-bond donors (Lipinski definition) is 0. The number of nitrogens with zero attached hydrogens (tertiary/aromatic N) is 2. The van der Waals surface area contributed by atoms with Gasteiger partial charge in [-0.15, -0.1) is 11.3 Å². The summed E-state index contributed by atoms with van der Waals surface area (Å²) in [6, 6.07) is 7.93. The number of carbonyl (C=O) groups excluding carboxylic acids is 2. The van der Waals surface area contributed by atoms with E-state index in [9.17, 15) is 9.59 Å². The minimum atomic E-state index is -0.0969. The van der Waals surface area contributed by atoms with Crippen LogP contribution in [0.25, 0.3) is 10.1 Å². The number of likely N-dealkylation sites (N-methyl/N-ethyl adjacent to an activating group) is 1. The molecule has 6 heteroatoms. The number of methoxy groups -OCH3 is 1. The van der Waals surface area contributed by atoms with Crippen LogP contribution in [-0.2, 0) is 16.1 Å². The summed E-state index contributed by atoms with van der Waals surface area (Å²) in [5.41, 5.74) is 0.904. The van der Waals surface area contributed by atoms with Gasteiger partial charge < -0.3 is 14.5 Å². The highest BCUT2D eigenvalue weighted by atomic mass is 32.1. The van der Waals surface area contributed by atoms with Crippen LogP contribution in [0.15, 0.2) is 24.3 Å². The summed E-state index contributed by atoms with van der Waals surface area (Å²) in [5.74, 6) is -0.175. The molecule has 130 valence electrons. The lowest BCUT2D eigenvalue weighted by atomic mass is 10.1. The Bertz CT molecular complexity index is 724. The first-order valence-electron chi connectivity index (χ1n) is 7.98. The van der Waals surface area contributed by atoms with Crippen molar-refractivity contribution >= 4 is 33.2 Å². The van der Waals surface area contributed by atoms with Crippen molar-refractivity contribution in [2.45, 2.75) is 20.0 Å². The molecule has 0 aliphatic heterocycles. The van der Waals surface area contributed by atoms with Crippen LogP contribution in [0.5, 0.6) is 0 Å². The zero-order chi connectivity index (χ0) is 17.7. The normalized spacial score (nSPS) is 10.8. The van der Waals surface area contributed by atoms with Crippen LogP contribution in [0.1, 0.15) is 28.6 Å². The van der Waals surface area contributed by atoms with Gasteiger partial charge in [0, 0.05) is 38.0 Å². The van der Waals surface area contributed by atoms with Crippen LogP contribution in [0.3, 0.4) is 0 Å². The van der Waals surface area contributed by atoms with Gasteiger partial charge in [0.05, 0.1) is 11.5 Å². The highest BCUT2D eigenvalue weighted by Crippen LogP contribution is 2.32. The molecule has 0 spiro atoms. The second-order valence-electron chi connectivity index (χ2n) is 5.85. The molecular weight excluding hydrogens is 324 g/mol. The Kier molecular flexibility index (Phi) is 6.34. The highest BCUT2D eigenvalue weighted by Gasteiger charge is 2.24. The predicted molar refractivity (Wildman–Crippen MR) is 97.4 cm³/mol. The molecule has 1 aromatic carbocycles. The molecular formula is C18H24N2O3S. The molecule has 0 aliphatic carbocycles. The number of benzene rings is 1. The first kappa shape index (κ1) is 18.4. The summed E-state index contributed by atoms with van der Waals surface area (Å²) in [5, 5.41) is 1.04. The third-order valence-corrected chi connectivity index (χ3v) is 4.99. The lowest BCUT2D eigenvalue weighted by molar-refractivity contribution is -0.129. The minimum Gasteiger partial charge on any atom is -0.380 e. The Labute approximate surface area is 146 Å². The van der Waals surface area contributed by atoms with Gasteiger partial charge in [-0.1, -0.05) is 25.1 Å². The van der Waals surface area contributed by atoms with Crippen LogP contribution >= 0.6 is 11.3 Å². The molecule has 24 heavy (non-hydrogen) atoms. The van der Waals surface area contributed by atoms with Gasteiger partial charge in [-0.05, 0) is 17.9 Å². The minimum absolute atomic E-state index is 0.0776. The standard InChI is InChI=1S/C18H24N2O3S/c1-5-10-20(11-16(21)19(2)3)18(22)17-14(12-23-4)13-8-6-7-9-15(13)24-17/h6-9H,5,10-12H2,1-4H3. The van der Waals surface area contributed by atoms with E-state index in [-0.39, 0.29) is 18.4 Å². The van der Waals surface area contributed by atoms with Gasteiger partial charge in [-0.2, -0.15) is 0 Å². The molecule has 0 bridgehead atoms. The number of thiophene rings is 1. The van der Waals surface area contributed by atoms with Crippen molar-refractivity contribution < 1.29 is 14.3 Å². The maximum atomic E-state index is 13.1. The first-order valence-corrected chi connectivity index (χ1v) is 8.80. The molecule has 5 nitrogen and oxygen atoms in total. The van der Waals surface area contributed by atoms with Gasteiger partial charge in [0.1, 0.15) is 6.54 Å². The van der Waals surface area contributed by atoms with Gasteiger partial charge in [0.25, 0.3) is 5.91 Å². The topological polar surface area (TPSA) is 49.9 Å². The van der Waals surface area contributed by atoms with Crippen molar-refractivity contribution in [2.24, 2.45) is 0 Å². The van der Waals surface area contributed by atoms with Crippen LogP contribution in [-0.4, -0.2) is 55.9 Å². The van der Waals surface area contributed by atoms with Gasteiger partial charge in [-0.3, -0.25) is 9.59 Å². The molecule has 0 radical (unpaired) electrons. The van der Waals surface area contributed by atoms with E-state index in [0.717, 1.165) is 22.1 Å². The quantitative estimate of drug-likeness (QED) is 0.773. The van der Waals surface area contributed by atoms with Gasteiger partial charge in [0.2, 0.25) is 5.91 Å². The maximum Gasteiger partial charge on any atom is 0.264 e. The van der Waals surface area contributed by atoms with Crippen molar-refractivity contribution in [3.05, 3.63) is 34.7 Å². The van der Waals surface area contributed by atoms with Gasteiger partial charge in [-0.25, -0.2) is 0 Å². The van der Waals surface area contributed by atoms with E-state index in [4.69, 9.17) is 4.74 Å². The molecule has 2 amide bonds. The fraction of sp³-hybridized carbons (Fsp3) is 0.444. The maximum absolute atomic E-state index is 13.1. The Morgan fingerprint density at radius 3 is 2.54 bits per heavy atom. The second kappa shape index (κ2) is 8.26. The third kappa shape index (κ3) is 3.94. The summed E-state index contributed by atoms with van der Waals surface area (Å²) in [7, 11) is 5.03.